The Bertz CT molecular complexity index is 922. The maximum Gasteiger partial charge on any atom is 0.339 e. The lowest BCUT2D eigenvalue weighted by atomic mass is 9.78. The summed E-state index contributed by atoms with van der Waals surface area (Å²) in [5, 5.41) is 3.05. The highest BCUT2D eigenvalue weighted by Gasteiger charge is 2.28. The van der Waals surface area contributed by atoms with Gasteiger partial charge in [0.25, 0.3) is 5.91 Å². The van der Waals surface area contributed by atoms with Crippen LogP contribution in [0.15, 0.2) is 54.6 Å². The highest BCUT2D eigenvalue weighted by atomic mass is 16.5. The summed E-state index contributed by atoms with van der Waals surface area (Å²) < 4.78 is 10.8. The Morgan fingerprint density at radius 1 is 1.03 bits per heavy atom. The zero-order valence-corrected chi connectivity index (χ0v) is 18.5. The molecule has 5 nitrogen and oxygen atoms in total. The molecule has 1 saturated carbocycles. The quantitative estimate of drug-likeness (QED) is 0.399. The first-order valence-corrected chi connectivity index (χ1v) is 10.9. The molecule has 3 rings (SSSR count). The third kappa shape index (κ3) is 5.97. The number of hydrogen-bond donors (Lipinski definition) is 1. The van der Waals surface area contributed by atoms with Crippen LogP contribution in [0.2, 0.25) is 0 Å². The van der Waals surface area contributed by atoms with E-state index in [0.717, 1.165) is 18.4 Å². The van der Waals surface area contributed by atoms with Gasteiger partial charge in [0.2, 0.25) is 0 Å². The number of benzene rings is 2. The number of methoxy groups -OCH3 is 1. The van der Waals surface area contributed by atoms with Gasteiger partial charge in [-0.1, -0.05) is 75.2 Å². The normalized spacial score (nSPS) is 21.3. The smallest absolute Gasteiger partial charge is 0.339 e. The molecule has 0 aliphatic heterocycles. The Morgan fingerprint density at radius 2 is 1.74 bits per heavy atom. The second-order valence-corrected chi connectivity index (χ2v) is 8.18. The molecule has 1 N–H and O–H groups in total. The summed E-state index contributed by atoms with van der Waals surface area (Å²) in [5.41, 5.74) is 1.85. The Kier molecular flexibility index (Phi) is 7.88. The molecule has 1 aliphatic carbocycles. The number of nitrogens with one attached hydrogen (secondary N) is 1. The average molecular weight is 422 g/mol. The summed E-state index contributed by atoms with van der Waals surface area (Å²) in [5.74, 6) is 0.844. The van der Waals surface area contributed by atoms with E-state index in [0.29, 0.717) is 28.7 Å². The van der Waals surface area contributed by atoms with Gasteiger partial charge in [0.05, 0.1) is 12.7 Å². The Morgan fingerprint density at radius 3 is 2.48 bits per heavy atom. The number of ether oxygens (including phenoxy) is 2. The van der Waals surface area contributed by atoms with Crippen LogP contribution in [0.25, 0.3) is 11.6 Å². The molecule has 0 bridgehead atoms. The van der Waals surface area contributed by atoms with Gasteiger partial charge in [0.15, 0.2) is 6.61 Å². The predicted molar refractivity (Wildman–Crippen MR) is 122 cm³/mol. The fourth-order valence-electron chi connectivity index (χ4n) is 4.06. The monoisotopic (exact) mass is 421 g/mol. The lowest BCUT2D eigenvalue weighted by Crippen LogP contribution is -2.45. The maximum absolute atomic E-state index is 12.9. The van der Waals surface area contributed by atoms with E-state index >= 15 is 0 Å². The van der Waals surface area contributed by atoms with Crippen molar-refractivity contribution < 1.29 is 19.1 Å². The number of carbonyl (C=O) groups excluding carboxylic acids is 2. The fourth-order valence-corrected chi connectivity index (χ4v) is 4.06. The van der Waals surface area contributed by atoms with Crippen LogP contribution in [-0.2, 0) is 14.3 Å². The van der Waals surface area contributed by atoms with E-state index in [1.54, 1.807) is 13.2 Å². The lowest BCUT2D eigenvalue weighted by Gasteiger charge is -2.34. The zero-order valence-electron chi connectivity index (χ0n) is 18.5. The first kappa shape index (κ1) is 22.6. The number of para-hydroxylation sites is 1. The minimum absolute atomic E-state index is 0.132. The van der Waals surface area contributed by atoms with Crippen LogP contribution < -0.4 is 10.1 Å². The molecule has 31 heavy (non-hydrogen) atoms. The van der Waals surface area contributed by atoms with E-state index in [2.05, 4.69) is 19.2 Å². The molecule has 5 heteroatoms. The molecular weight excluding hydrogens is 390 g/mol. The van der Waals surface area contributed by atoms with E-state index in [9.17, 15) is 9.59 Å². The third-order valence-corrected chi connectivity index (χ3v) is 6.13. The molecule has 0 heterocycles. The molecule has 0 saturated heterocycles. The minimum Gasteiger partial charge on any atom is -0.496 e. The van der Waals surface area contributed by atoms with Crippen molar-refractivity contribution in [2.75, 3.05) is 13.7 Å². The van der Waals surface area contributed by atoms with Crippen molar-refractivity contribution in [3.63, 3.8) is 0 Å². The first-order chi connectivity index (χ1) is 15.0. The van der Waals surface area contributed by atoms with Gasteiger partial charge in [0, 0.05) is 11.6 Å². The van der Waals surface area contributed by atoms with Crippen molar-refractivity contribution >= 4 is 23.5 Å². The van der Waals surface area contributed by atoms with Gasteiger partial charge in [0.1, 0.15) is 5.75 Å². The second-order valence-electron chi connectivity index (χ2n) is 8.18. The molecule has 2 aromatic rings. The summed E-state index contributed by atoms with van der Waals surface area (Å²) in [6.07, 6.45) is 5.00. The number of hydrogen-bond acceptors (Lipinski definition) is 4. The molecule has 3 atom stereocenters. The van der Waals surface area contributed by atoms with Crippen LogP contribution >= 0.6 is 0 Å². The maximum atomic E-state index is 12.9. The minimum atomic E-state index is -0.544. The van der Waals surface area contributed by atoms with Crippen molar-refractivity contribution in [2.24, 2.45) is 11.8 Å². The van der Waals surface area contributed by atoms with Gasteiger partial charge < -0.3 is 14.8 Å². The summed E-state index contributed by atoms with van der Waals surface area (Å²) in [6.45, 7) is 4.09. The van der Waals surface area contributed by atoms with Gasteiger partial charge in [-0.05, 0) is 36.0 Å². The zero-order chi connectivity index (χ0) is 22.2. The van der Waals surface area contributed by atoms with Crippen LogP contribution in [0, 0.1) is 11.8 Å². The molecule has 0 unspecified atom stereocenters. The van der Waals surface area contributed by atoms with Crippen molar-refractivity contribution in [3.8, 4) is 5.75 Å². The summed E-state index contributed by atoms with van der Waals surface area (Å²) >= 11 is 0. The highest BCUT2D eigenvalue weighted by Crippen LogP contribution is 2.29. The van der Waals surface area contributed by atoms with E-state index in [4.69, 9.17) is 9.47 Å². The number of amides is 1. The fraction of sp³-hybridized carbons (Fsp3) is 0.385. The first-order valence-electron chi connectivity index (χ1n) is 10.9. The molecule has 1 aliphatic rings. The van der Waals surface area contributed by atoms with Crippen LogP contribution in [0.3, 0.4) is 0 Å². The van der Waals surface area contributed by atoms with Crippen LogP contribution in [0.4, 0.5) is 0 Å². The van der Waals surface area contributed by atoms with E-state index in [1.165, 1.54) is 6.42 Å². The number of esters is 1. The van der Waals surface area contributed by atoms with Gasteiger partial charge in [-0.2, -0.15) is 0 Å². The van der Waals surface area contributed by atoms with E-state index in [-0.39, 0.29) is 18.6 Å². The summed E-state index contributed by atoms with van der Waals surface area (Å²) in [6, 6.07) is 16.9. The SMILES string of the molecule is COc1ccccc1/C=C(/C(=O)OCC(=O)N[C@@H]1CCC[C@@H](C)[C@H]1C)c1ccccc1. The second kappa shape index (κ2) is 10.8. The molecule has 1 amide bonds. The predicted octanol–water partition coefficient (Wildman–Crippen LogP) is 4.72. The Hall–Kier alpha value is -3.08. The molecule has 0 spiro atoms. The molecule has 164 valence electrons. The molecule has 1 fully saturated rings. The molecular formula is C26H31NO4. The van der Waals surface area contributed by atoms with Gasteiger partial charge >= 0.3 is 5.97 Å². The van der Waals surface area contributed by atoms with Crippen molar-refractivity contribution in [1.29, 1.82) is 0 Å². The van der Waals surface area contributed by atoms with Crippen molar-refractivity contribution in [2.45, 2.75) is 39.2 Å². The summed E-state index contributed by atoms with van der Waals surface area (Å²) in [4.78, 5) is 25.4. The standard InChI is InChI=1S/C26H31NO4/c1-18-10-9-14-23(19(18)2)27-25(28)17-31-26(29)22(20-11-5-4-6-12-20)16-21-13-7-8-15-24(21)30-3/h4-8,11-13,15-16,18-19,23H,9-10,14,17H2,1-3H3,(H,27,28)/b22-16+/t18-,19-,23-/m1/s1. The van der Waals surface area contributed by atoms with Crippen molar-refractivity contribution in [3.05, 3.63) is 65.7 Å². The van der Waals surface area contributed by atoms with Gasteiger partial charge in [-0.25, -0.2) is 4.79 Å². The number of rotatable bonds is 7. The van der Waals surface area contributed by atoms with Crippen LogP contribution in [0.5, 0.6) is 5.75 Å². The van der Waals surface area contributed by atoms with E-state index < -0.39 is 5.97 Å². The number of carbonyl (C=O) groups is 2. The third-order valence-electron chi connectivity index (χ3n) is 6.13. The summed E-state index contributed by atoms with van der Waals surface area (Å²) in [7, 11) is 1.59. The Labute approximate surface area is 184 Å². The molecule has 0 radical (unpaired) electrons. The lowest BCUT2D eigenvalue weighted by molar-refractivity contribution is -0.143. The molecule has 2 aromatic carbocycles. The Balaban J connectivity index is 1.72. The highest BCUT2D eigenvalue weighted by molar-refractivity contribution is 6.22. The van der Waals surface area contributed by atoms with E-state index in [1.807, 2.05) is 54.6 Å². The van der Waals surface area contributed by atoms with Crippen molar-refractivity contribution in [1.82, 2.24) is 5.32 Å². The average Bonchev–Trinajstić information content (AvgIpc) is 2.79. The van der Waals surface area contributed by atoms with Gasteiger partial charge in [-0.15, -0.1) is 0 Å². The van der Waals surface area contributed by atoms with Crippen LogP contribution in [0.1, 0.15) is 44.2 Å². The largest absolute Gasteiger partial charge is 0.496 e. The van der Waals surface area contributed by atoms with Crippen LogP contribution in [-0.4, -0.2) is 31.6 Å². The molecule has 0 aromatic heterocycles. The van der Waals surface area contributed by atoms with Gasteiger partial charge in [-0.3, -0.25) is 4.79 Å². The topological polar surface area (TPSA) is 64.6 Å².